The molecule has 1 N–H and O–H groups in total. The minimum Gasteiger partial charge on any atom is -0.361 e. The topological polar surface area (TPSA) is 56.4 Å². The molecule has 144 valence electrons. The lowest BCUT2D eigenvalue weighted by Gasteiger charge is -2.40. The first kappa shape index (κ1) is 18.3. The number of hydrogen-bond acceptors (Lipinski definition) is 2. The summed E-state index contributed by atoms with van der Waals surface area (Å²) in [5.74, 6) is -0.00467. The molecule has 5 nitrogen and oxygen atoms in total. The Morgan fingerprint density at radius 1 is 1.07 bits per heavy atom. The SMILES string of the molecule is CCC1C(=O)N(CCc2c[nH]c3ccccc23)CCN1C(=O)c1ccccc1. The van der Waals surface area contributed by atoms with Gasteiger partial charge in [-0.2, -0.15) is 0 Å². The number of nitrogens with zero attached hydrogens (tertiary/aromatic N) is 2. The van der Waals surface area contributed by atoms with Crippen LogP contribution in [-0.4, -0.2) is 52.3 Å². The number of hydrogen-bond donors (Lipinski definition) is 1. The maximum absolute atomic E-state index is 13.1. The lowest BCUT2D eigenvalue weighted by Crippen LogP contribution is -2.58. The Balaban J connectivity index is 1.45. The summed E-state index contributed by atoms with van der Waals surface area (Å²) in [6.45, 7) is 3.80. The number of fused-ring (bicyclic) bond motifs is 1. The zero-order valence-corrected chi connectivity index (χ0v) is 16.1. The summed E-state index contributed by atoms with van der Waals surface area (Å²) in [4.78, 5) is 32.8. The second-order valence-electron chi connectivity index (χ2n) is 7.22. The molecular formula is C23H25N3O2. The van der Waals surface area contributed by atoms with E-state index >= 15 is 0 Å². The first-order valence-corrected chi connectivity index (χ1v) is 9.89. The van der Waals surface area contributed by atoms with Crippen molar-refractivity contribution in [2.75, 3.05) is 19.6 Å². The van der Waals surface area contributed by atoms with E-state index in [1.807, 2.05) is 60.5 Å². The summed E-state index contributed by atoms with van der Waals surface area (Å²) in [5, 5.41) is 1.21. The van der Waals surface area contributed by atoms with Crippen molar-refractivity contribution < 1.29 is 9.59 Å². The van der Waals surface area contributed by atoms with Crippen LogP contribution < -0.4 is 0 Å². The third-order valence-corrected chi connectivity index (χ3v) is 5.58. The molecule has 1 aromatic heterocycles. The second kappa shape index (κ2) is 7.89. The quantitative estimate of drug-likeness (QED) is 0.742. The Hall–Kier alpha value is -3.08. The van der Waals surface area contributed by atoms with Gasteiger partial charge in [-0.1, -0.05) is 43.3 Å². The summed E-state index contributed by atoms with van der Waals surface area (Å²) in [7, 11) is 0. The molecule has 0 saturated carbocycles. The Morgan fingerprint density at radius 3 is 2.61 bits per heavy atom. The number of nitrogens with one attached hydrogen (secondary N) is 1. The summed E-state index contributed by atoms with van der Waals surface area (Å²) >= 11 is 0. The summed E-state index contributed by atoms with van der Waals surface area (Å²) < 4.78 is 0. The Bertz CT molecular complexity index is 980. The van der Waals surface area contributed by atoms with E-state index in [4.69, 9.17) is 0 Å². The number of amides is 2. The van der Waals surface area contributed by atoms with Gasteiger partial charge in [0.25, 0.3) is 5.91 Å². The normalized spacial score (nSPS) is 17.3. The highest BCUT2D eigenvalue weighted by Gasteiger charge is 2.36. The molecule has 5 heteroatoms. The van der Waals surface area contributed by atoms with Gasteiger partial charge in [-0.15, -0.1) is 0 Å². The molecule has 2 aromatic carbocycles. The fourth-order valence-electron chi connectivity index (χ4n) is 4.04. The molecule has 2 heterocycles. The number of piperazine rings is 1. The molecule has 0 aliphatic carbocycles. The number of aromatic amines is 1. The molecule has 0 radical (unpaired) electrons. The molecule has 1 aliphatic heterocycles. The average Bonchev–Trinajstić information content (AvgIpc) is 3.16. The van der Waals surface area contributed by atoms with Crippen LogP contribution in [0.15, 0.2) is 60.8 Å². The van der Waals surface area contributed by atoms with Crippen LogP contribution in [0.25, 0.3) is 10.9 Å². The van der Waals surface area contributed by atoms with Gasteiger partial charge in [0.15, 0.2) is 0 Å². The van der Waals surface area contributed by atoms with Crippen LogP contribution in [0.5, 0.6) is 0 Å². The fourth-order valence-corrected chi connectivity index (χ4v) is 4.04. The molecule has 1 saturated heterocycles. The van der Waals surface area contributed by atoms with Gasteiger partial charge >= 0.3 is 0 Å². The summed E-state index contributed by atoms with van der Waals surface area (Å²) in [5.41, 5.74) is 2.98. The minimum absolute atomic E-state index is 0.0536. The van der Waals surface area contributed by atoms with Crippen LogP contribution in [0.4, 0.5) is 0 Å². The van der Waals surface area contributed by atoms with Gasteiger partial charge < -0.3 is 14.8 Å². The van der Waals surface area contributed by atoms with Crippen molar-refractivity contribution in [2.24, 2.45) is 0 Å². The van der Waals surface area contributed by atoms with Gasteiger partial charge in [0.2, 0.25) is 5.91 Å². The van der Waals surface area contributed by atoms with Crippen LogP contribution in [0, 0.1) is 0 Å². The second-order valence-corrected chi connectivity index (χ2v) is 7.22. The number of para-hydroxylation sites is 1. The molecular weight excluding hydrogens is 350 g/mol. The molecule has 2 amide bonds. The van der Waals surface area contributed by atoms with E-state index in [-0.39, 0.29) is 17.9 Å². The molecule has 3 aromatic rings. The van der Waals surface area contributed by atoms with Crippen molar-refractivity contribution in [3.05, 3.63) is 71.9 Å². The van der Waals surface area contributed by atoms with Crippen molar-refractivity contribution in [3.63, 3.8) is 0 Å². The maximum Gasteiger partial charge on any atom is 0.254 e. The van der Waals surface area contributed by atoms with Gasteiger partial charge in [0, 0.05) is 42.3 Å². The van der Waals surface area contributed by atoms with E-state index in [2.05, 4.69) is 17.1 Å². The van der Waals surface area contributed by atoms with Crippen LogP contribution in [-0.2, 0) is 11.2 Å². The largest absolute Gasteiger partial charge is 0.361 e. The molecule has 1 fully saturated rings. The molecule has 0 spiro atoms. The lowest BCUT2D eigenvalue weighted by atomic mass is 10.0. The van der Waals surface area contributed by atoms with E-state index in [0.717, 1.165) is 11.9 Å². The average molecular weight is 375 g/mol. The van der Waals surface area contributed by atoms with Crippen LogP contribution in [0.3, 0.4) is 0 Å². The smallest absolute Gasteiger partial charge is 0.254 e. The standard InChI is InChI=1S/C23H25N3O2/c1-2-21-23(28)25(13-12-18-16-24-20-11-7-6-10-19(18)20)14-15-26(21)22(27)17-8-4-3-5-9-17/h3-11,16,21,24H,2,12-15H2,1H3. The molecule has 1 atom stereocenters. The number of rotatable bonds is 5. The summed E-state index contributed by atoms with van der Waals surface area (Å²) in [6, 6.07) is 17.0. The van der Waals surface area contributed by atoms with Gasteiger partial charge in [-0.25, -0.2) is 0 Å². The van der Waals surface area contributed by atoms with Crippen molar-refractivity contribution in [3.8, 4) is 0 Å². The zero-order valence-electron chi connectivity index (χ0n) is 16.1. The number of carbonyl (C=O) groups is 2. The van der Waals surface area contributed by atoms with Crippen LogP contribution in [0.1, 0.15) is 29.3 Å². The Morgan fingerprint density at radius 2 is 1.82 bits per heavy atom. The van der Waals surface area contributed by atoms with Crippen molar-refractivity contribution in [1.82, 2.24) is 14.8 Å². The van der Waals surface area contributed by atoms with Gasteiger partial charge in [-0.3, -0.25) is 9.59 Å². The minimum atomic E-state index is -0.385. The van der Waals surface area contributed by atoms with E-state index in [0.29, 0.717) is 31.6 Å². The van der Waals surface area contributed by atoms with E-state index in [1.54, 1.807) is 4.90 Å². The number of aromatic nitrogens is 1. The first-order chi connectivity index (χ1) is 13.7. The van der Waals surface area contributed by atoms with Gasteiger partial charge in [-0.05, 0) is 36.6 Å². The zero-order chi connectivity index (χ0) is 19.5. The first-order valence-electron chi connectivity index (χ1n) is 9.89. The predicted molar refractivity (Wildman–Crippen MR) is 110 cm³/mol. The van der Waals surface area contributed by atoms with E-state index in [9.17, 15) is 9.59 Å². The number of benzene rings is 2. The molecule has 1 unspecified atom stereocenters. The highest BCUT2D eigenvalue weighted by molar-refractivity contribution is 5.98. The highest BCUT2D eigenvalue weighted by Crippen LogP contribution is 2.21. The van der Waals surface area contributed by atoms with Gasteiger partial charge in [0.1, 0.15) is 6.04 Å². The third kappa shape index (κ3) is 3.40. The highest BCUT2D eigenvalue weighted by atomic mass is 16.2. The fraction of sp³-hybridized carbons (Fsp3) is 0.304. The molecule has 1 aliphatic rings. The maximum atomic E-state index is 13.1. The number of H-pyrrole nitrogens is 1. The van der Waals surface area contributed by atoms with E-state index < -0.39 is 0 Å². The van der Waals surface area contributed by atoms with Crippen molar-refractivity contribution in [2.45, 2.75) is 25.8 Å². The Kier molecular flexibility index (Phi) is 5.15. The van der Waals surface area contributed by atoms with Crippen molar-refractivity contribution >= 4 is 22.7 Å². The molecule has 28 heavy (non-hydrogen) atoms. The van der Waals surface area contributed by atoms with Gasteiger partial charge in [0.05, 0.1) is 0 Å². The van der Waals surface area contributed by atoms with Crippen LogP contribution >= 0.6 is 0 Å². The lowest BCUT2D eigenvalue weighted by molar-refractivity contribution is -0.140. The third-order valence-electron chi connectivity index (χ3n) is 5.58. The van der Waals surface area contributed by atoms with E-state index in [1.165, 1.54) is 10.9 Å². The number of carbonyl (C=O) groups excluding carboxylic acids is 2. The van der Waals surface area contributed by atoms with Crippen molar-refractivity contribution in [1.29, 1.82) is 0 Å². The summed E-state index contributed by atoms with van der Waals surface area (Å²) in [6.07, 6.45) is 3.46. The monoisotopic (exact) mass is 375 g/mol. The predicted octanol–water partition coefficient (Wildman–Crippen LogP) is 3.47. The molecule has 0 bridgehead atoms. The molecule has 4 rings (SSSR count). The Labute approximate surface area is 165 Å². The van der Waals surface area contributed by atoms with Crippen LogP contribution in [0.2, 0.25) is 0 Å².